The van der Waals surface area contributed by atoms with Crippen LogP contribution in [-0.4, -0.2) is 26.1 Å². The van der Waals surface area contributed by atoms with Gasteiger partial charge in [0.05, 0.1) is 10.8 Å². The summed E-state index contributed by atoms with van der Waals surface area (Å²) in [4.78, 5) is 39.6. The van der Waals surface area contributed by atoms with E-state index >= 15 is 0 Å². The Morgan fingerprint density at radius 3 is 2.93 bits per heavy atom. The monoisotopic (exact) mass is 392 g/mol. The van der Waals surface area contributed by atoms with Gasteiger partial charge in [-0.15, -0.1) is 0 Å². The van der Waals surface area contributed by atoms with E-state index in [1.807, 2.05) is 6.92 Å². The van der Waals surface area contributed by atoms with Crippen LogP contribution in [0.5, 0.6) is 0 Å². The van der Waals surface area contributed by atoms with Crippen molar-refractivity contribution in [1.82, 2.24) is 9.55 Å². The van der Waals surface area contributed by atoms with Gasteiger partial charge in [0.2, 0.25) is 11.7 Å². The van der Waals surface area contributed by atoms with Crippen LogP contribution in [0.15, 0.2) is 28.2 Å². The van der Waals surface area contributed by atoms with Gasteiger partial charge >= 0.3 is 5.69 Å². The molecule has 2 aromatic rings. The minimum absolute atomic E-state index is 0.132. The molecule has 1 unspecified atom stereocenters. The smallest absolute Gasteiger partial charge is 0.306 e. The van der Waals surface area contributed by atoms with Gasteiger partial charge in [0, 0.05) is 35.3 Å². The molecule has 0 aliphatic carbocycles. The summed E-state index contributed by atoms with van der Waals surface area (Å²) in [5, 5.41) is 14.0. The van der Waals surface area contributed by atoms with Crippen LogP contribution >= 0.6 is 11.8 Å². The number of carbonyl (C=O) groups excluding carboxylic acids is 1. The number of nitrogens with zero attached hydrogens (tertiary/aromatic N) is 3. The zero-order chi connectivity index (χ0) is 19.7. The third-order valence-electron chi connectivity index (χ3n) is 4.39. The lowest BCUT2D eigenvalue weighted by Crippen LogP contribution is -2.38. The maximum Gasteiger partial charge on any atom is 0.306 e. The summed E-state index contributed by atoms with van der Waals surface area (Å²) in [6, 6.07) is 3.17. The number of rotatable bonds is 4. The third kappa shape index (κ3) is 3.70. The highest BCUT2D eigenvalue weighted by molar-refractivity contribution is 7.99. The van der Waals surface area contributed by atoms with Crippen LogP contribution in [0.1, 0.15) is 18.2 Å². The van der Waals surface area contributed by atoms with Crippen LogP contribution in [0, 0.1) is 28.8 Å². The Morgan fingerprint density at radius 1 is 1.52 bits per heavy atom. The first kappa shape index (κ1) is 19.0. The first-order valence-electron chi connectivity index (χ1n) is 8.29. The molecule has 3 rings (SSSR count). The van der Waals surface area contributed by atoms with Crippen molar-refractivity contribution in [2.24, 2.45) is 5.92 Å². The van der Waals surface area contributed by atoms with E-state index < -0.39 is 22.3 Å². The van der Waals surface area contributed by atoms with Gasteiger partial charge in [0.15, 0.2) is 5.16 Å². The van der Waals surface area contributed by atoms with E-state index in [1.165, 1.54) is 22.4 Å². The summed E-state index contributed by atoms with van der Waals surface area (Å²) in [6.45, 7) is 3.85. The Morgan fingerprint density at radius 2 is 2.26 bits per heavy atom. The minimum atomic E-state index is -0.972. The fraction of sp³-hybridized carbons (Fsp3) is 0.353. The molecule has 1 aliphatic rings. The fourth-order valence-corrected chi connectivity index (χ4v) is 4.06. The van der Waals surface area contributed by atoms with Crippen LogP contribution in [-0.2, 0) is 17.8 Å². The number of aryl methyl sites for hydroxylation is 1. The van der Waals surface area contributed by atoms with Crippen LogP contribution < -0.4 is 10.9 Å². The predicted molar refractivity (Wildman–Crippen MR) is 98.5 cm³/mol. The van der Waals surface area contributed by atoms with Gasteiger partial charge in [-0.05, 0) is 25.5 Å². The molecule has 2 heterocycles. The standard InChI is InChI=1S/C17H17FN4O4S/c1-3-12-9(2)19-17-21(16(12)24)7-10(8-27-17)15(23)20-11-4-5-13(18)14(6-11)22(25)26/h4-6,10H,3,7-8H2,1-2H3,(H,20,23). The average Bonchev–Trinajstić information content (AvgIpc) is 2.63. The zero-order valence-corrected chi connectivity index (χ0v) is 15.5. The highest BCUT2D eigenvalue weighted by Gasteiger charge is 2.28. The number of hydrogen-bond donors (Lipinski definition) is 1. The Labute approximate surface area is 158 Å². The first-order chi connectivity index (χ1) is 12.8. The first-order valence-corrected chi connectivity index (χ1v) is 9.28. The normalized spacial score (nSPS) is 15.9. The quantitative estimate of drug-likeness (QED) is 0.487. The zero-order valence-electron chi connectivity index (χ0n) is 14.7. The van der Waals surface area contributed by atoms with E-state index in [-0.39, 0.29) is 23.7 Å². The lowest BCUT2D eigenvalue weighted by molar-refractivity contribution is -0.387. The van der Waals surface area contributed by atoms with Gasteiger partial charge in [-0.1, -0.05) is 18.7 Å². The van der Waals surface area contributed by atoms with Gasteiger partial charge in [-0.25, -0.2) is 4.98 Å². The number of aromatic nitrogens is 2. The number of nitro groups is 1. The summed E-state index contributed by atoms with van der Waals surface area (Å²) >= 11 is 1.32. The molecule has 0 radical (unpaired) electrons. The van der Waals surface area contributed by atoms with Crippen LogP contribution in [0.3, 0.4) is 0 Å². The van der Waals surface area contributed by atoms with E-state index in [2.05, 4.69) is 10.3 Å². The number of thioether (sulfide) groups is 1. The molecular formula is C17H17FN4O4S. The highest BCUT2D eigenvalue weighted by atomic mass is 32.2. The number of nitro benzene ring substituents is 1. The molecule has 0 saturated carbocycles. The van der Waals surface area contributed by atoms with E-state index in [0.29, 0.717) is 28.6 Å². The Balaban J connectivity index is 1.81. The molecule has 10 heteroatoms. The lowest BCUT2D eigenvalue weighted by atomic mass is 10.1. The molecule has 0 saturated heterocycles. The average molecular weight is 392 g/mol. The molecule has 27 heavy (non-hydrogen) atoms. The SMILES string of the molecule is CCc1c(C)nc2n(c1=O)CC(C(=O)Nc1ccc(F)c([N+](=O)[O-])c1)CS2. The molecule has 0 bridgehead atoms. The molecule has 8 nitrogen and oxygen atoms in total. The topological polar surface area (TPSA) is 107 Å². The molecule has 0 spiro atoms. The van der Waals surface area contributed by atoms with Crippen molar-refractivity contribution in [3.63, 3.8) is 0 Å². The molecule has 1 amide bonds. The van der Waals surface area contributed by atoms with Gasteiger partial charge in [0.25, 0.3) is 5.56 Å². The van der Waals surface area contributed by atoms with Crippen molar-refractivity contribution < 1.29 is 14.1 Å². The van der Waals surface area contributed by atoms with Crippen LogP contribution in [0.25, 0.3) is 0 Å². The number of fused-ring (bicyclic) bond motifs is 1. The number of anilines is 1. The van der Waals surface area contributed by atoms with Crippen LogP contribution in [0.4, 0.5) is 15.8 Å². The van der Waals surface area contributed by atoms with Gasteiger partial charge in [-0.3, -0.25) is 24.3 Å². The Bertz CT molecular complexity index is 992. The van der Waals surface area contributed by atoms with Crippen molar-refractivity contribution in [3.8, 4) is 0 Å². The number of carbonyl (C=O) groups is 1. The van der Waals surface area contributed by atoms with Gasteiger partial charge in [-0.2, -0.15) is 4.39 Å². The molecule has 0 fully saturated rings. The summed E-state index contributed by atoms with van der Waals surface area (Å²) < 4.78 is 14.9. The molecule has 1 atom stereocenters. The molecule has 1 aliphatic heterocycles. The summed E-state index contributed by atoms with van der Waals surface area (Å²) in [7, 11) is 0. The maximum absolute atomic E-state index is 13.4. The third-order valence-corrected chi connectivity index (χ3v) is 5.52. The molecule has 142 valence electrons. The second-order valence-corrected chi connectivity index (χ2v) is 7.14. The Kier molecular flexibility index (Phi) is 5.26. The van der Waals surface area contributed by atoms with Gasteiger partial charge < -0.3 is 5.32 Å². The number of hydrogen-bond acceptors (Lipinski definition) is 6. The van der Waals surface area contributed by atoms with E-state index in [1.54, 1.807) is 6.92 Å². The summed E-state index contributed by atoms with van der Waals surface area (Å²) in [5.41, 5.74) is 0.590. The molecule has 1 N–H and O–H groups in total. The van der Waals surface area contributed by atoms with Crippen molar-refractivity contribution in [2.75, 3.05) is 11.1 Å². The number of halogens is 1. The highest BCUT2D eigenvalue weighted by Crippen LogP contribution is 2.27. The number of amides is 1. The second kappa shape index (κ2) is 7.47. The summed E-state index contributed by atoms with van der Waals surface area (Å²) in [6.07, 6.45) is 0.554. The predicted octanol–water partition coefficient (Wildman–Crippen LogP) is 2.52. The summed E-state index contributed by atoms with van der Waals surface area (Å²) in [5.74, 6) is -1.45. The fourth-order valence-electron chi connectivity index (χ4n) is 2.94. The maximum atomic E-state index is 13.4. The number of nitrogens with one attached hydrogen (secondary N) is 1. The largest absolute Gasteiger partial charge is 0.326 e. The Hall–Kier alpha value is -2.75. The number of benzene rings is 1. The molecule has 1 aromatic carbocycles. The molecular weight excluding hydrogens is 375 g/mol. The van der Waals surface area contributed by atoms with Gasteiger partial charge in [0.1, 0.15) is 0 Å². The van der Waals surface area contributed by atoms with Crippen molar-refractivity contribution >= 4 is 29.0 Å². The van der Waals surface area contributed by atoms with E-state index in [9.17, 15) is 24.1 Å². The van der Waals surface area contributed by atoms with Crippen molar-refractivity contribution in [1.29, 1.82) is 0 Å². The van der Waals surface area contributed by atoms with Crippen molar-refractivity contribution in [3.05, 3.63) is 55.7 Å². The molecule has 1 aromatic heterocycles. The van der Waals surface area contributed by atoms with E-state index in [4.69, 9.17) is 0 Å². The van der Waals surface area contributed by atoms with E-state index in [0.717, 1.165) is 12.1 Å². The van der Waals surface area contributed by atoms with Crippen molar-refractivity contribution in [2.45, 2.75) is 32.0 Å². The van der Waals surface area contributed by atoms with Crippen LogP contribution in [0.2, 0.25) is 0 Å². The lowest BCUT2D eigenvalue weighted by Gasteiger charge is -2.25. The second-order valence-electron chi connectivity index (χ2n) is 6.15. The minimum Gasteiger partial charge on any atom is -0.326 e.